The van der Waals surface area contributed by atoms with Gasteiger partial charge in [0.05, 0.1) is 13.2 Å². The van der Waals surface area contributed by atoms with Crippen molar-refractivity contribution in [3.05, 3.63) is 65.2 Å². The highest BCUT2D eigenvalue weighted by Crippen LogP contribution is 2.24. The lowest BCUT2D eigenvalue weighted by Crippen LogP contribution is -2.38. The Hall–Kier alpha value is -4.33. The van der Waals surface area contributed by atoms with Gasteiger partial charge in [0.1, 0.15) is 18.1 Å². The molecule has 1 aliphatic heterocycles. The fraction of sp³-hybridized carbons (Fsp3) is 0.367. The predicted molar refractivity (Wildman–Crippen MR) is 158 cm³/mol. The summed E-state index contributed by atoms with van der Waals surface area (Å²) in [4.78, 5) is 15.5. The molecule has 1 saturated heterocycles. The first-order chi connectivity index (χ1) is 19.3. The molecule has 10 nitrogen and oxygen atoms in total. The first-order valence-corrected chi connectivity index (χ1v) is 13.1. The first kappa shape index (κ1) is 30.2. The van der Waals surface area contributed by atoms with Crippen molar-refractivity contribution in [2.24, 2.45) is 0 Å². The fourth-order valence-corrected chi connectivity index (χ4v) is 3.58. The van der Waals surface area contributed by atoms with E-state index >= 15 is 0 Å². The van der Waals surface area contributed by atoms with E-state index < -0.39 is 0 Å². The molecule has 1 aromatic carbocycles. The largest absolute Gasteiger partial charge is 0.491 e. The molecule has 4 rings (SSSR count). The van der Waals surface area contributed by atoms with Gasteiger partial charge in [-0.15, -0.1) is 0 Å². The normalized spacial score (nSPS) is 13.8. The maximum atomic E-state index is 10.0. The Morgan fingerprint density at radius 2 is 1.98 bits per heavy atom. The summed E-state index contributed by atoms with van der Waals surface area (Å²) in [6, 6.07) is 11.5. The lowest BCUT2D eigenvalue weighted by atomic mass is 9.93. The molecule has 0 saturated carbocycles. The number of H-pyrrole nitrogens is 1. The highest BCUT2D eigenvalue weighted by atomic mass is 16.5. The number of hydrogen-bond acceptors (Lipinski definition) is 8. The van der Waals surface area contributed by atoms with Gasteiger partial charge in [-0.1, -0.05) is 37.8 Å². The van der Waals surface area contributed by atoms with Crippen LogP contribution in [0, 0.1) is 17.3 Å². The summed E-state index contributed by atoms with van der Waals surface area (Å²) in [7, 11) is 1.88. The third kappa shape index (κ3) is 10.1. The lowest BCUT2D eigenvalue weighted by molar-refractivity contribution is -0.105. The number of carbonyl (C=O) groups excluding carboxylic acids is 1. The summed E-state index contributed by atoms with van der Waals surface area (Å²) in [5.74, 6) is 8.12. The van der Waals surface area contributed by atoms with Gasteiger partial charge in [0, 0.05) is 79.2 Å². The van der Waals surface area contributed by atoms with Gasteiger partial charge >= 0.3 is 0 Å². The number of hydrogen-bond donors (Lipinski definition) is 4. The molecule has 0 bridgehead atoms. The number of benzene rings is 1. The summed E-state index contributed by atoms with van der Waals surface area (Å²) >= 11 is 0. The number of nitrogens with one attached hydrogen (secondary N) is 4. The van der Waals surface area contributed by atoms with Crippen molar-refractivity contribution >= 4 is 30.2 Å². The van der Waals surface area contributed by atoms with E-state index in [-0.39, 0.29) is 5.41 Å². The molecule has 0 spiro atoms. The molecule has 0 radical (unpaired) electrons. The molecule has 4 N–H and O–H groups in total. The van der Waals surface area contributed by atoms with Crippen LogP contribution in [0.2, 0.25) is 0 Å². The number of aromatic nitrogens is 2. The zero-order valence-electron chi connectivity index (χ0n) is 23.5. The van der Waals surface area contributed by atoms with E-state index in [9.17, 15) is 4.79 Å². The number of anilines is 2. The zero-order chi connectivity index (χ0) is 28.8. The van der Waals surface area contributed by atoms with Crippen molar-refractivity contribution < 1.29 is 18.8 Å². The highest BCUT2D eigenvalue weighted by molar-refractivity contribution is 5.89. The molecule has 2 aromatic heterocycles. The Morgan fingerprint density at radius 1 is 1.23 bits per heavy atom. The minimum absolute atomic E-state index is 0.0736. The van der Waals surface area contributed by atoms with Gasteiger partial charge in [-0.25, -0.2) is 0 Å². The number of aromatic amines is 1. The lowest BCUT2D eigenvalue weighted by Gasteiger charge is -2.26. The van der Waals surface area contributed by atoms with Crippen LogP contribution in [0.4, 0.5) is 11.5 Å². The van der Waals surface area contributed by atoms with E-state index in [0.717, 1.165) is 61.3 Å². The Balaban J connectivity index is 0.000000307. The molecule has 3 aromatic rings. The van der Waals surface area contributed by atoms with Gasteiger partial charge in [-0.2, -0.15) is 0 Å². The number of carbonyl (C=O) groups is 1. The summed E-state index contributed by atoms with van der Waals surface area (Å²) in [6.45, 7) is 11.1. The molecular formula is C30H38N6O4. The van der Waals surface area contributed by atoms with Crippen LogP contribution in [0.1, 0.15) is 37.8 Å². The van der Waals surface area contributed by atoms with Crippen LogP contribution in [0.25, 0.3) is 6.08 Å². The van der Waals surface area contributed by atoms with Crippen molar-refractivity contribution in [2.45, 2.75) is 26.2 Å². The Bertz CT molecular complexity index is 1300. The molecule has 0 aliphatic carbocycles. The minimum Gasteiger partial charge on any atom is -0.491 e. The van der Waals surface area contributed by atoms with Gasteiger partial charge in [-0.05, 0) is 30.3 Å². The van der Waals surface area contributed by atoms with Gasteiger partial charge in [0.25, 0.3) is 0 Å². The van der Waals surface area contributed by atoms with Crippen molar-refractivity contribution in [2.75, 3.05) is 57.1 Å². The smallest absolute Gasteiger partial charge is 0.212 e. The van der Waals surface area contributed by atoms with Crippen LogP contribution >= 0.6 is 0 Å². The van der Waals surface area contributed by atoms with Crippen LogP contribution in [0.3, 0.4) is 0 Å². The van der Waals surface area contributed by atoms with E-state index in [1.54, 1.807) is 6.07 Å². The maximum absolute atomic E-state index is 10.0. The minimum atomic E-state index is -0.0736. The van der Waals surface area contributed by atoms with Crippen LogP contribution in [-0.2, 0) is 14.9 Å². The summed E-state index contributed by atoms with van der Waals surface area (Å²) < 4.78 is 16.2. The van der Waals surface area contributed by atoms with Crippen LogP contribution < -0.4 is 15.4 Å². The second-order valence-corrected chi connectivity index (χ2v) is 10.0. The third-order valence-corrected chi connectivity index (χ3v) is 5.91. The molecule has 1 aliphatic rings. The molecular weight excluding hydrogens is 508 g/mol. The third-order valence-electron chi connectivity index (χ3n) is 5.91. The monoisotopic (exact) mass is 546 g/mol. The average molecular weight is 547 g/mol. The zero-order valence-corrected chi connectivity index (χ0v) is 23.5. The number of amides is 1. The van der Waals surface area contributed by atoms with Crippen LogP contribution in [-0.4, -0.2) is 74.2 Å². The Labute approximate surface area is 235 Å². The van der Waals surface area contributed by atoms with E-state index in [0.29, 0.717) is 24.4 Å². The van der Waals surface area contributed by atoms with E-state index in [1.165, 1.54) is 6.21 Å². The van der Waals surface area contributed by atoms with Crippen LogP contribution in [0.15, 0.2) is 52.7 Å². The molecule has 1 amide bonds. The van der Waals surface area contributed by atoms with Gasteiger partial charge in [0.2, 0.25) is 6.41 Å². The molecule has 0 atom stereocenters. The number of allylic oxidation sites excluding steroid dienone is 1. The SMILES string of the molecule is CC(C)(C)c1cc(NC=O)no1.CNc1ccc(C#C/C(C=N)=C/c2cc(OCCN3CCOCC3)c[nH]2)cc1. The second-order valence-electron chi connectivity index (χ2n) is 10.0. The summed E-state index contributed by atoms with van der Waals surface area (Å²) in [5, 5.41) is 16.8. The van der Waals surface area contributed by atoms with Gasteiger partial charge in [-0.3, -0.25) is 9.69 Å². The van der Waals surface area contributed by atoms with Crippen molar-refractivity contribution in [3.8, 4) is 17.6 Å². The molecule has 1 fully saturated rings. The standard InChI is InChI=1S/C22H26N4O2.C8H12N2O2/c1-24-20-6-4-18(5-7-20)2-3-19(16-23)14-21-15-22(17-25-21)28-13-10-26-8-11-27-12-9-26;1-8(2,3)6-4-7(9-5-11)10-12-6/h4-7,14-17,23-25H,8-13H2,1H3;4-5H,1-3H3,(H,9,10,11)/b19-14-,23-16?;. The average Bonchev–Trinajstić information content (AvgIpc) is 3.62. The van der Waals surface area contributed by atoms with E-state index in [2.05, 4.69) is 37.5 Å². The first-order valence-electron chi connectivity index (χ1n) is 13.1. The highest BCUT2D eigenvalue weighted by Gasteiger charge is 2.19. The fourth-order valence-electron chi connectivity index (χ4n) is 3.58. The van der Waals surface area contributed by atoms with Crippen molar-refractivity contribution in [1.82, 2.24) is 15.0 Å². The Kier molecular flexibility index (Phi) is 11.6. The molecule has 40 heavy (non-hydrogen) atoms. The number of rotatable bonds is 9. The maximum Gasteiger partial charge on any atom is 0.212 e. The number of nitrogens with zero attached hydrogens (tertiary/aromatic N) is 2. The number of morpholine rings is 1. The molecule has 3 heterocycles. The predicted octanol–water partition coefficient (Wildman–Crippen LogP) is 4.39. The second kappa shape index (κ2) is 15.3. The number of ether oxygens (including phenoxy) is 2. The molecule has 212 valence electrons. The van der Waals surface area contributed by atoms with Crippen LogP contribution in [0.5, 0.6) is 5.75 Å². The van der Waals surface area contributed by atoms with Gasteiger partial charge in [0.15, 0.2) is 5.82 Å². The molecule has 10 heteroatoms. The Morgan fingerprint density at radius 3 is 2.60 bits per heavy atom. The van der Waals surface area contributed by atoms with Crippen molar-refractivity contribution in [1.29, 1.82) is 5.41 Å². The topological polar surface area (TPSA) is 128 Å². The quantitative estimate of drug-likeness (QED) is 0.178. The molecule has 0 unspecified atom stereocenters. The summed E-state index contributed by atoms with van der Waals surface area (Å²) in [5.41, 5.74) is 3.36. The van der Waals surface area contributed by atoms with Crippen molar-refractivity contribution in [3.63, 3.8) is 0 Å². The summed E-state index contributed by atoms with van der Waals surface area (Å²) in [6.07, 6.45) is 5.51. The van der Waals surface area contributed by atoms with Gasteiger partial charge < -0.3 is 35.0 Å². The van der Waals surface area contributed by atoms with E-state index in [1.807, 2.05) is 70.4 Å². The van der Waals surface area contributed by atoms with E-state index in [4.69, 9.17) is 19.4 Å².